The van der Waals surface area contributed by atoms with Gasteiger partial charge in [-0.15, -0.1) is 0 Å². The van der Waals surface area contributed by atoms with Crippen molar-refractivity contribution in [3.63, 3.8) is 0 Å². The molecule has 3 nitrogen and oxygen atoms in total. The van der Waals surface area contributed by atoms with E-state index in [0.29, 0.717) is 0 Å². The van der Waals surface area contributed by atoms with E-state index in [1.807, 2.05) is 12.4 Å². The fourth-order valence-corrected chi connectivity index (χ4v) is 4.00. The predicted molar refractivity (Wildman–Crippen MR) is 118 cm³/mol. The number of aromatic nitrogens is 2. The zero-order valence-corrected chi connectivity index (χ0v) is 16.9. The Morgan fingerprint density at radius 1 is 0.828 bits per heavy atom. The third kappa shape index (κ3) is 3.95. The Hall–Kier alpha value is -2.94. The molecule has 5 rings (SSSR count). The largest absolute Gasteiger partial charge is 0.493 e. The number of ether oxygens (including phenoxy) is 1. The van der Waals surface area contributed by atoms with Crippen molar-refractivity contribution in [1.82, 2.24) is 9.97 Å². The SMILES string of the molecule is Cc1ccc2c(c1)ncc1ncc(CCc3ccc(OCC4CCC4)cc3)cc12. The monoisotopic (exact) mass is 382 g/mol. The lowest BCUT2D eigenvalue weighted by Crippen LogP contribution is -2.19. The smallest absolute Gasteiger partial charge is 0.119 e. The van der Waals surface area contributed by atoms with Gasteiger partial charge in [0.1, 0.15) is 5.75 Å². The van der Waals surface area contributed by atoms with Crippen molar-refractivity contribution in [3.8, 4) is 5.75 Å². The molecule has 0 spiro atoms. The summed E-state index contributed by atoms with van der Waals surface area (Å²) < 4.78 is 5.91. The minimum atomic E-state index is 0.769. The van der Waals surface area contributed by atoms with Crippen molar-refractivity contribution < 1.29 is 4.74 Å². The van der Waals surface area contributed by atoms with E-state index in [0.717, 1.165) is 42.1 Å². The first-order valence-electron chi connectivity index (χ1n) is 10.6. The van der Waals surface area contributed by atoms with Crippen molar-refractivity contribution in [2.24, 2.45) is 5.92 Å². The highest BCUT2D eigenvalue weighted by Gasteiger charge is 2.17. The average molecular weight is 383 g/mol. The van der Waals surface area contributed by atoms with E-state index in [1.165, 1.54) is 46.7 Å². The molecule has 0 unspecified atom stereocenters. The summed E-state index contributed by atoms with van der Waals surface area (Å²) in [6.45, 7) is 2.97. The van der Waals surface area contributed by atoms with E-state index < -0.39 is 0 Å². The number of aryl methyl sites for hydroxylation is 3. The summed E-state index contributed by atoms with van der Waals surface area (Å²) in [6.07, 6.45) is 9.84. The standard InChI is InChI=1S/C26H26N2O/c1-18-5-12-23-24-14-21(15-27-26(24)16-28-25(23)13-18)7-6-19-8-10-22(11-9-19)29-17-20-3-2-4-20/h5,8-16,20H,2-4,6-7,17H2,1H3. The van der Waals surface area contributed by atoms with E-state index in [1.54, 1.807) is 0 Å². The summed E-state index contributed by atoms with van der Waals surface area (Å²) in [7, 11) is 0. The molecule has 0 atom stereocenters. The van der Waals surface area contributed by atoms with Crippen molar-refractivity contribution in [2.75, 3.05) is 6.61 Å². The molecule has 0 aliphatic heterocycles. The summed E-state index contributed by atoms with van der Waals surface area (Å²) in [5.41, 5.74) is 5.81. The highest BCUT2D eigenvalue weighted by molar-refractivity contribution is 6.04. The van der Waals surface area contributed by atoms with E-state index in [2.05, 4.69) is 65.4 Å². The van der Waals surface area contributed by atoms with Crippen LogP contribution in [0.2, 0.25) is 0 Å². The van der Waals surface area contributed by atoms with Gasteiger partial charge in [-0.2, -0.15) is 0 Å². The maximum absolute atomic E-state index is 5.91. The quantitative estimate of drug-likeness (QED) is 0.380. The van der Waals surface area contributed by atoms with E-state index in [4.69, 9.17) is 4.74 Å². The molecule has 1 aliphatic carbocycles. The molecule has 146 valence electrons. The number of nitrogens with zero attached hydrogens (tertiary/aromatic N) is 2. The molecule has 2 heterocycles. The zero-order chi connectivity index (χ0) is 19.6. The molecule has 1 aliphatic rings. The molecule has 0 radical (unpaired) electrons. The first-order chi connectivity index (χ1) is 14.2. The minimum Gasteiger partial charge on any atom is -0.493 e. The van der Waals surface area contributed by atoms with Crippen LogP contribution in [-0.2, 0) is 12.8 Å². The fourth-order valence-electron chi connectivity index (χ4n) is 4.00. The summed E-state index contributed by atoms with van der Waals surface area (Å²) in [4.78, 5) is 9.21. The van der Waals surface area contributed by atoms with Crippen LogP contribution >= 0.6 is 0 Å². The van der Waals surface area contributed by atoms with E-state index >= 15 is 0 Å². The summed E-state index contributed by atoms with van der Waals surface area (Å²) in [6, 6.07) is 17.3. The third-order valence-corrected chi connectivity index (χ3v) is 6.08. The molecule has 0 bridgehead atoms. The summed E-state index contributed by atoms with van der Waals surface area (Å²) >= 11 is 0. The first kappa shape index (κ1) is 18.1. The molecule has 2 aromatic carbocycles. The van der Waals surface area contributed by atoms with Crippen molar-refractivity contribution in [2.45, 2.75) is 39.0 Å². The van der Waals surface area contributed by atoms with Crippen LogP contribution in [0.15, 0.2) is 60.9 Å². The Balaban J connectivity index is 1.29. The molecule has 0 N–H and O–H groups in total. The predicted octanol–water partition coefficient (Wildman–Crippen LogP) is 6.06. The Labute approximate surface area is 171 Å². The van der Waals surface area contributed by atoms with Gasteiger partial charge in [0.15, 0.2) is 0 Å². The third-order valence-electron chi connectivity index (χ3n) is 6.08. The molecular formula is C26H26N2O. The second kappa shape index (κ2) is 7.82. The van der Waals surface area contributed by atoms with Crippen molar-refractivity contribution in [3.05, 3.63) is 77.6 Å². The Morgan fingerprint density at radius 3 is 2.41 bits per heavy atom. The lowest BCUT2D eigenvalue weighted by atomic mass is 9.86. The van der Waals surface area contributed by atoms with Crippen LogP contribution in [0.1, 0.15) is 36.0 Å². The molecule has 3 heteroatoms. The maximum Gasteiger partial charge on any atom is 0.119 e. The fraction of sp³-hybridized carbons (Fsp3) is 0.308. The lowest BCUT2D eigenvalue weighted by Gasteiger charge is -2.25. The van der Waals surface area contributed by atoms with Gasteiger partial charge in [-0.1, -0.05) is 30.7 Å². The summed E-state index contributed by atoms with van der Waals surface area (Å²) in [5, 5.41) is 2.36. The zero-order valence-electron chi connectivity index (χ0n) is 16.9. The van der Waals surface area contributed by atoms with Crippen LogP contribution in [0.25, 0.3) is 21.8 Å². The van der Waals surface area contributed by atoms with Crippen LogP contribution < -0.4 is 4.74 Å². The number of rotatable bonds is 6. The van der Waals surface area contributed by atoms with E-state index in [9.17, 15) is 0 Å². The van der Waals surface area contributed by atoms with Gasteiger partial charge in [-0.3, -0.25) is 9.97 Å². The topological polar surface area (TPSA) is 35.0 Å². The molecule has 0 saturated heterocycles. The Kier molecular flexibility index (Phi) is 4.89. The number of hydrogen-bond donors (Lipinski definition) is 0. The Bertz CT molecular complexity index is 1150. The maximum atomic E-state index is 5.91. The molecule has 29 heavy (non-hydrogen) atoms. The molecule has 0 amide bonds. The molecular weight excluding hydrogens is 356 g/mol. The molecule has 4 aromatic rings. The van der Waals surface area contributed by atoms with Gasteiger partial charge in [0.05, 0.1) is 23.8 Å². The van der Waals surface area contributed by atoms with Gasteiger partial charge in [0.2, 0.25) is 0 Å². The molecule has 1 saturated carbocycles. The van der Waals surface area contributed by atoms with Gasteiger partial charge in [0, 0.05) is 17.0 Å². The molecule has 2 aromatic heterocycles. The minimum absolute atomic E-state index is 0.769. The van der Waals surface area contributed by atoms with Crippen LogP contribution in [0.5, 0.6) is 5.75 Å². The van der Waals surface area contributed by atoms with Crippen LogP contribution in [0, 0.1) is 12.8 Å². The van der Waals surface area contributed by atoms with Gasteiger partial charge in [-0.25, -0.2) is 0 Å². The van der Waals surface area contributed by atoms with Crippen LogP contribution in [0.4, 0.5) is 0 Å². The lowest BCUT2D eigenvalue weighted by molar-refractivity contribution is 0.180. The first-order valence-corrected chi connectivity index (χ1v) is 10.6. The van der Waals surface area contributed by atoms with Gasteiger partial charge >= 0.3 is 0 Å². The van der Waals surface area contributed by atoms with Crippen molar-refractivity contribution in [1.29, 1.82) is 0 Å². The van der Waals surface area contributed by atoms with Crippen LogP contribution in [0.3, 0.4) is 0 Å². The van der Waals surface area contributed by atoms with Gasteiger partial charge in [-0.05, 0) is 79.5 Å². The normalized spacial score (nSPS) is 14.2. The number of hydrogen-bond acceptors (Lipinski definition) is 3. The number of benzene rings is 2. The van der Waals surface area contributed by atoms with Crippen molar-refractivity contribution >= 4 is 21.8 Å². The highest BCUT2D eigenvalue weighted by atomic mass is 16.5. The Morgan fingerprint density at radius 2 is 1.62 bits per heavy atom. The van der Waals surface area contributed by atoms with Gasteiger partial charge < -0.3 is 4.74 Å². The van der Waals surface area contributed by atoms with E-state index in [-0.39, 0.29) is 0 Å². The second-order valence-electron chi connectivity index (χ2n) is 8.31. The highest BCUT2D eigenvalue weighted by Crippen LogP contribution is 2.27. The average Bonchev–Trinajstić information content (AvgIpc) is 2.71. The number of pyridine rings is 2. The number of fused-ring (bicyclic) bond motifs is 3. The van der Waals surface area contributed by atoms with Crippen LogP contribution in [-0.4, -0.2) is 16.6 Å². The summed E-state index contributed by atoms with van der Waals surface area (Å²) in [5.74, 6) is 1.76. The molecule has 1 fully saturated rings. The second-order valence-corrected chi connectivity index (χ2v) is 8.31. The van der Waals surface area contributed by atoms with Gasteiger partial charge in [0.25, 0.3) is 0 Å².